The van der Waals surface area contributed by atoms with Crippen LogP contribution in [0.5, 0.6) is 5.75 Å². The molecule has 1 aliphatic heterocycles. The van der Waals surface area contributed by atoms with E-state index in [4.69, 9.17) is 0 Å². The third-order valence-electron chi connectivity index (χ3n) is 2.77. The fourth-order valence-corrected chi connectivity index (χ4v) is 3.22. The van der Waals surface area contributed by atoms with Gasteiger partial charge in [-0.1, -0.05) is 12.1 Å². The molecule has 0 amide bonds. The van der Waals surface area contributed by atoms with Crippen LogP contribution in [0.3, 0.4) is 0 Å². The molecule has 0 bridgehead atoms. The number of hydrogen-bond donors (Lipinski definition) is 1. The van der Waals surface area contributed by atoms with Crippen molar-refractivity contribution >= 4 is 11.8 Å². The molecule has 1 aromatic carbocycles. The van der Waals surface area contributed by atoms with Crippen molar-refractivity contribution in [2.75, 3.05) is 11.5 Å². The molecular weight excluding hydrogens is 265 g/mol. The fourth-order valence-electron chi connectivity index (χ4n) is 1.92. The lowest BCUT2D eigenvalue weighted by molar-refractivity contribution is -0.274. The van der Waals surface area contributed by atoms with E-state index in [9.17, 15) is 18.3 Å². The summed E-state index contributed by atoms with van der Waals surface area (Å²) in [5.41, 5.74) is 0.0892. The summed E-state index contributed by atoms with van der Waals surface area (Å²) < 4.78 is 39.7. The Kier molecular flexibility index (Phi) is 3.77. The van der Waals surface area contributed by atoms with Crippen molar-refractivity contribution < 1.29 is 23.0 Å². The zero-order valence-electron chi connectivity index (χ0n) is 9.54. The van der Waals surface area contributed by atoms with Crippen LogP contribution in [-0.4, -0.2) is 28.6 Å². The summed E-state index contributed by atoms with van der Waals surface area (Å²) in [5.74, 6) is 1.36. The van der Waals surface area contributed by atoms with E-state index < -0.39 is 12.0 Å². The molecular formula is C12H13F3O2S. The van der Waals surface area contributed by atoms with Gasteiger partial charge in [0.2, 0.25) is 0 Å². The van der Waals surface area contributed by atoms with Crippen LogP contribution in [0.4, 0.5) is 13.2 Å². The van der Waals surface area contributed by atoms with Gasteiger partial charge in [0.05, 0.1) is 5.60 Å². The maximum absolute atomic E-state index is 12.0. The average molecular weight is 278 g/mol. The Balaban J connectivity index is 1.99. The van der Waals surface area contributed by atoms with Gasteiger partial charge in [-0.2, -0.15) is 11.8 Å². The summed E-state index contributed by atoms with van der Waals surface area (Å²) in [7, 11) is 0. The molecule has 2 nitrogen and oxygen atoms in total. The van der Waals surface area contributed by atoms with Crippen LogP contribution in [0.15, 0.2) is 24.3 Å². The molecule has 0 radical (unpaired) electrons. The predicted molar refractivity (Wildman–Crippen MR) is 63.7 cm³/mol. The van der Waals surface area contributed by atoms with Gasteiger partial charge in [0.15, 0.2) is 0 Å². The van der Waals surface area contributed by atoms with Gasteiger partial charge in [0.25, 0.3) is 0 Å². The predicted octanol–water partition coefficient (Wildman–Crippen LogP) is 3.00. The summed E-state index contributed by atoms with van der Waals surface area (Å²) in [6.45, 7) is 0. The van der Waals surface area contributed by atoms with Crippen LogP contribution in [0.2, 0.25) is 0 Å². The molecule has 1 aliphatic rings. The zero-order valence-corrected chi connectivity index (χ0v) is 10.4. The topological polar surface area (TPSA) is 29.5 Å². The third kappa shape index (κ3) is 3.81. The molecule has 1 fully saturated rings. The molecule has 1 saturated heterocycles. The van der Waals surface area contributed by atoms with E-state index in [2.05, 4.69) is 4.74 Å². The molecule has 1 aromatic rings. The molecule has 0 aliphatic carbocycles. The monoisotopic (exact) mass is 278 g/mol. The normalized spacial score (nSPS) is 24.2. The molecule has 0 saturated carbocycles. The van der Waals surface area contributed by atoms with E-state index >= 15 is 0 Å². The largest absolute Gasteiger partial charge is 0.573 e. The molecule has 1 unspecified atom stereocenters. The Morgan fingerprint density at radius 3 is 2.44 bits per heavy atom. The number of alkyl halides is 3. The highest BCUT2D eigenvalue weighted by molar-refractivity contribution is 7.99. The molecule has 2 rings (SSSR count). The summed E-state index contributed by atoms with van der Waals surface area (Å²) in [6.07, 6.45) is -3.48. The van der Waals surface area contributed by atoms with Crippen LogP contribution in [0, 0.1) is 0 Å². The number of halogens is 3. The number of hydrogen-bond acceptors (Lipinski definition) is 3. The van der Waals surface area contributed by atoms with Crippen molar-refractivity contribution in [3.8, 4) is 5.75 Å². The lowest BCUT2D eigenvalue weighted by atomic mass is 9.94. The van der Waals surface area contributed by atoms with E-state index in [-0.39, 0.29) is 5.75 Å². The number of rotatable bonds is 3. The highest BCUT2D eigenvalue weighted by Gasteiger charge is 2.32. The SMILES string of the molecule is OC1(Cc2ccc(OC(F)(F)F)cc2)CCSC1. The molecule has 1 N–H and O–H groups in total. The van der Waals surface area contributed by atoms with Gasteiger partial charge in [-0.05, 0) is 29.9 Å². The second-order valence-electron chi connectivity index (χ2n) is 4.40. The Labute approximate surface area is 107 Å². The van der Waals surface area contributed by atoms with Gasteiger partial charge >= 0.3 is 6.36 Å². The maximum Gasteiger partial charge on any atom is 0.573 e. The van der Waals surface area contributed by atoms with E-state index in [1.807, 2.05) is 0 Å². The Morgan fingerprint density at radius 2 is 1.94 bits per heavy atom. The summed E-state index contributed by atoms with van der Waals surface area (Å²) in [6, 6.07) is 5.66. The Morgan fingerprint density at radius 1 is 1.28 bits per heavy atom. The number of benzene rings is 1. The van der Waals surface area contributed by atoms with Crippen molar-refractivity contribution in [2.45, 2.75) is 24.8 Å². The van der Waals surface area contributed by atoms with Crippen molar-refractivity contribution in [2.24, 2.45) is 0 Å². The Hall–Kier alpha value is -0.880. The van der Waals surface area contributed by atoms with Crippen molar-refractivity contribution in [3.63, 3.8) is 0 Å². The van der Waals surface area contributed by atoms with Crippen LogP contribution < -0.4 is 4.74 Å². The maximum atomic E-state index is 12.0. The van der Waals surface area contributed by atoms with Crippen molar-refractivity contribution in [1.29, 1.82) is 0 Å². The summed E-state index contributed by atoms with van der Waals surface area (Å²) in [5, 5.41) is 10.2. The standard InChI is InChI=1S/C12H13F3O2S/c13-12(14,15)17-10-3-1-9(2-4-10)7-11(16)5-6-18-8-11/h1-4,16H,5-8H2. The van der Waals surface area contributed by atoms with Gasteiger partial charge in [0.1, 0.15) is 5.75 Å². The van der Waals surface area contributed by atoms with E-state index in [1.54, 1.807) is 23.9 Å². The number of thioether (sulfide) groups is 1. The van der Waals surface area contributed by atoms with Crippen molar-refractivity contribution in [3.05, 3.63) is 29.8 Å². The lowest BCUT2D eigenvalue weighted by Gasteiger charge is -2.21. The first kappa shape index (κ1) is 13.5. The lowest BCUT2D eigenvalue weighted by Crippen LogP contribution is -2.30. The van der Waals surface area contributed by atoms with Crippen LogP contribution in [-0.2, 0) is 6.42 Å². The van der Waals surface area contributed by atoms with Crippen LogP contribution in [0.25, 0.3) is 0 Å². The van der Waals surface area contributed by atoms with Crippen LogP contribution >= 0.6 is 11.8 Å². The summed E-state index contributed by atoms with van der Waals surface area (Å²) in [4.78, 5) is 0. The highest BCUT2D eigenvalue weighted by atomic mass is 32.2. The zero-order chi connectivity index (χ0) is 13.2. The third-order valence-corrected chi connectivity index (χ3v) is 4.01. The van der Waals surface area contributed by atoms with E-state index in [0.29, 0.717) is 12.2 Å². The molecule has 0 spiro atoms. The number of ether oxygens (including phenoxy) is 1. The second-order valence-corrected chi connectivity index (χ2v) is 5.50. The quantitative estimate of drug-likeness (QED) is 0.921. The van der Waals surface area contributed by atoms with Gasteiger partial charge in [-0.15, -0.1) is 13.2 Å². The van der Waals surface area contributed by atoms with Gasteiger partial charge in [-0.3, -0.25) is 0 Å². The smallest absolute Gasteiger partial charge is 0.406 e. The van der Waals surface area contributed by atoms with E-state index in [1.165, 1.54) is 12.1 Å². The fraction of sp³-hybridized carbons (Fsp3) is 0.500. The first-order valence-corrected chi connectivity index (χ1v) is 6.67. The van der Waals surface area contributed by atoms with E-state index in [0.717, 1.165) is 17.7 Å². The van der Waals surface area contributed by atoms with Gasteiger partial charge < -0.3 is 9.84 Å². The van der Waals surface area contributed by atoms with Crippen molar-refractivity contribution in [1.82, 2.24) is 0 Å². The highest BCUT2D eigenvalue weighted by Crippen LogP contribution is 2.31. The van der Waals surface area contributed by atoms with Crippen LogP contribution in [0.1, 0.15) is 12.0 Å². The molecule has 0 aromatic heterocycles. The summed E-state index contributed by atoms with van der Waals surface area (Å²) >= 11 is 1.69. The van der Waals surface area contributed by atoms with Gasteiger partial charge in [-0.25, -0.2) is 0 Å². The molecule has 6 heteroatoms. The molecule has 1 heterocycles. The minimum absolute atomic E-state index is 0.237. The number of aliphatic hydroxyl groups is 1. The molecule has 18 heavy (non-hydrogen) atoms. The second kappa shape index (κ2) is 5.01. The molecule has 100 valence electrons. The minimum Gasteiger partial charge on any atom is -0.406 e. The first-order valence-electron chi connectivity index (χ1n) is 5.51. The average Bonchev–Trinajstić information content (AvgIpc) is 2.66. The minimum atomic E-state index is -4.66. The molecule has 1 atom stereocenters. The Bertz CT molecular complexity index is 397. The first-order chi connectivity index (χ1) is 8.36. The van der Waals surface area contributed by atoms with Gasteiger partial charge in [0, 0.05) is 12.2 Å².